The van der Waals surface area contributed by atoms with E-state index < -0.39 is 8.07 Å². The lowest BCUT2D eigenvalue weighted by Gasteiger charge is -2.25. The Bertz CT molecular complexity index is 991. The quantitative estimate of drug-likeness (QED) is 0.560. The fourth-order valence-electron chi connectivity index (χ4n) is 4.54. The topological polar surface area (TPSA) is 20.2 Å². The van der Waals surface area contributed by atoms with E-state index in [-0.39, 0.29) is 0 Å². The van der Waals surface area contributed by atoms with Crippen molar-refractivity contribution in [1.82, 2.24) is 0 Å². The first-order chi connectivity index (χ1) is 12.9. The largest absolute Gasteiger partial charge is 0.507 e. The number of hydrogen-bond acceptors (Lipinski definition) is 1. The molecule has 2 aromatic carbocycles. The molecule has 0 aromatic heterocycles. The third-order valence-corrected chi connectivity index (χ3v) is 8.48. The number of aryl methyl sites for hydroxylation is 2. The Morgan fingerprint density at radius 1 is 0.714 bits per heavy atom. The summed E-state index contributed by atoms with van der Waals surface area (Å²) in [6.07, 6.45) is 0. The van der Waals surface area contributed by atoms with Gasteiger partial charge in [0.2, 0.25) is 0 Å². The maximum absolute atomic E-state index is 11.3. The first kappa shape index (κ1) is 20.7. The maximum atomic E-state index is 11.3. The molecule has 1 nitrogen and oxygen atoms in total. The van der Waals surface area contributed by atoms with Crippen molar-refractivity contribution in [2.75, 3.05) is 0 Å². The Morgan fingerprint density at radius 3 is 1.82 bits per heavy atom. The molecule has 0 atom stereocenters. The summed E-state index contributed by atoms with van der Waals surface area (Å²) < 4.78 is 0. The van der Waals surface area contributed by atoms with Crippen molar-refractivity contribution in [3.8, 4) is 16.9 Å². The number of phenolic OH excluding ortho intramolecular Hbond substituents is 1. The van der Waals surface area contributed by atoms with Crippen LogP contribution in [0.1, 0.15) is 50.3 Å². The number of benzene rings is 2. The summed E-state index contributed by atoms with van der Waals surface area (Å²) in [6.45, 7) is 20.2. The molecule has 0 radical (unpaired) electrons. The molecule has 0 saturated heterocycles. The minimum Gasteiger partial charge on any atom is -0.507 e. The number of aromatic hydroxyl groups is 1. The number of hydrogen-bond donors (Lipinski definition) is 1. The SMILES string of the molecule is CC1=C(C)C(c2cc(C)ccc2-c2cc(C)cc([Si](C)(C)C)c2O)C(C)=C1C. The van der Waals surface area contributed by atoms with Crippen LogP contribution in [0.4, 0.5) is 0 Å². The van der Waals surface area contributed by atoms with Crippen LogP contribution in [0.5, 0.6) is 5.75 Å². The molecule has 148 valence electrons. The van der Waals surface area contributed by atoms with Crippen LogP contribution in [0, 0.1) is 13.8 Å². The second kappa shape index (κ2) is 7.08. The van der Waals surface area contributed by atoms with Gasteiger partial charge in [-0.25, -0.2) is 0 Å². The van der Waals surface area contributed by atoms with Gasteiger partial charge in [-0.15, -0.1) is 0 Å². The van der Waals surface area contributed by atoms with Crippen LogP contribution < -0.4 is 5.19 Å². The predicted molar refractivity (Wildman–Crippen MR) is 125 cm³/mol. The summed E-state index contributed by atoms with van der Waals surface area (Å²) in [5.41, 5.74) is 11.6. The minimum absolute atomic E-state index is 0.296. The molecule has 2 heteroatoms. The molecule has 1 aliphatic carbocycles. The average Bonchev–Trinajstić information content (AvgIpc) is 2.79. The van der Waals surface area contributed by atoms with Crippen LogP contribution in [0.2, 0.25) is 19.6 Å². The zero-order chi connectivity index (χ0) is 21.0. The summed E-state index contributed by atoms with van der Waals surface area (Å²) in [4.78, 5) is 0. The summed E-state index contributed by atoms with van der Waals surface area (Å²) in [6, 6.07) is 11.0. The minimum atomic E-state index is -1.65. The van der Waals surface area contributed by atoms with E-state index in [1.54, 1.807) is 0 Å². The lowest BCUT2D eigenvalue weighted by molar-refractivity contribution is 0.481. The highest BCUT2D eigenvalue weighted by Gasteiger charge is 2.30. The number of allylic oxidation sites excluding steroid dienone is 4. The molecule has 0 saturated carbocycles. The molecule has 28 heavy (non-hydrogen) atoms. The molecule has 0 fully saturated rings. The van der Waals surface area contributed by atoms with Gasteiger partial charge in [0.1, 0.15) is 5.75 Å². The molecule has 0 amide bonds. The zero-order valence-electron chi connectivity index (χ0n) is 18.9. The van der Waals surface area contributed by atoms with Crippen molar-refractivity contribution in [3.63, 3.8) is 0 Å². The van der Waals surface area contributed by atoms with Gasteiger partial charge in [0.25, 0.3) is 0 Å². The van der Waals surface area contributed by atoms with Gasteiger partial charge in [-0.2, -0.15) is 0 Å². The second-order valence-corrected chi connectivity index (χ2v) is 14.6. The van der Waals surface area contributed by atoms with Crippen molar-refractivity contribution < 1.29 is 5.11 Å². The van der Waals surface area contributed by atoms with Gasteiger partial charge in [0, 0.05) is 11.5 Å². The van der Waals surface area contributed by atoms with Crippen LogP contribution in [0.15, 0.2) is 52.6 Å². The van der Waals surface area contributed by atoms with E-state index in [1.807, 2.05) is 0 Å². The van der Waals surface area contributed by atoms with Crippen molar-refractivity contribution in [3.05, 3.63) is 69.3 Å². The Labute approximate surface area is 171 Å². The summed E-state index contributed by atoms with van der Waals surface area (Å²) in [5, 5.41) is 12.4. The van der Waals surface area contributed by atoms with E-state index in [0.717, 1.165) is 16.3 Å². The van der Waals surface area contributed by atoms with E-state index in [9.17, 15) is 5.11 Å². The van der Waals surface area contributed by atoms with Crippen molar-refractivity contribution in [2.24, 2.45) is 0 Å². The van der Waals surface area contributed by atoms with E-state index in [4.69, 9.17) is 0 Å². The van der Waals surface area contributed by atoms with Gasteiger partial charge in [-0.1, -0.05) is 66.2 Å². The molecule has 2 aromatic rings. The smallest absolute Gasteiger partial charge is 0.122 e. The monoisotopic (exact) mass is 390 g/mol. The zero-order valence-corrected chi connectivity index (χ0v) is 19.9. The molecular weight excluding hydrogens is 356 g/mol. The number of phenols is 1. The van der Waals surface area contributed by atoms with Crippen LogP contribution in [-0.4, -0.2) is 13.2 Å². The molecule has 3 rings (SSSR count). The molecular formula is C26H34OSi. The standard InChI is InChI=1S/C26H34OSi/c1-15-10-11-21(22(12-15)25-19(5)17(3)18(4)20(25)6)23-13-16(2)14-24(26(23)27)28(7,8)9/h10-14,25,27H,1-9H3. The maximum Gasteiger partial charge on any atom is 0.122 e. The van der Waals surface area contributed by atoms with Crippen LogP contribution >= 0.6 is 0 Å². The Balaban J connectivity index is 2.32. The summed E-state index contributed by atoms with van der Waals surface area (Å²) in [5.74, 6) is 0.773. The average molecular weight is 391 g/mol. The van der Waals surface area contributed by atoms with Crippen LogP contribution in [-0.2, 0) is 0 Å². The Kier molecular flexibility index (Phi) is 5.22. The van der Waals surface area contributed by atoms with Gasteiger partial charge in [0.05, 0.1) is 8.07 Å². The van der Waals surface area contributed by atoms with Crippen molar-refractivity contribution >= 4 is 13.3 Å². The highest BCUT2D eigenvalue weighted by molar-refractivity contribution is 6.89. The first-order valence-electron chi connectivity index (χ1n) is 10.2. The Hall–Kier alpha value is -2.06. The fourth-order valence-corrected chi connectivity index (χ4v) is 6.04. The molecule has 0 heterocycles. The van der Waals surface area contributed by atoms with Crippen LogP contribution in [0.3, 0.4) is 0 Å². The molecule has 0 bridgehead atoms. The van der Waals surface area contributed by atoms with Crippen molar-refractivity contribution in [2.45, 2.75) is 67.1 Å². The third kappa shape index (κ3) is 3.39. The van der Waals surface area contributed by atoms with E-state index in [0.29, 0.717) is 11.7 Å². The normalized spacial score (nSPS) is 15.8. The molecule has 0 spiro atoms. The van der Waals surface area contributed by atoms with Gasteiger partial charge in [0.15, 0.2) is 0 Å². The van der Waals surface area contributed by atoms with Gasteiger partial charge < -0.3 is 5.11 Å². The second-order valence-electron chi connectivity index (χ2n) is 9.60. The van der Waals surface area contributed by atoms with Gasteiger partial charge >= 0.3 is 0 Å². The molecule has 0 unspecified atom stereocenters. The summed E-state index contributed by atoms with van der Waals surface area (Å²) >= 11 is 0. The van der Waals surface area contributed by atoms with Gasteiger partial charge in [-0.05, 0) is 75.1 Å². The van der Waals surface area contributed by atoms with Crippen LogP contribution in [0.25, 0.3) is 11.1 Å². The van der Waals surface area contributed by atoms with Gasteiger partial charge in [-0.3, -0.25) is 0 Å². The van der Waals surface area contributed by atoms with E-state index in [1.165, 1.54) is 39.0 Å². The van der Waals surface area contributed by atoms with E-state index in [2.05, 4.69) is 91.5 Å². The fraction of sp³-hybridized carbons (Fsp3) is 0.385. The molecule has 1 aliphatic rings. The first-order valence-corrected chi connectivity index (χ1v) is 13.7. The predicted octanol–water partition coefficient (Wildman–Crippen LogP) is 6.99. The highest BCUT2D eigenvalue weighted by atomic mass is 28.3. The van der Waals surface area contributed by atoms with Crippen molar-refractivity contribution in [1.29, 1.82) is 0 Å². The molecule has 0 aliphatic heterocycles. The van der Waals surface area contributed by atoms with E-state index >= 15 is 0 Å². The lowest BCUT2D eigenvalue weighted by atomic mass is 9.83. The molecule has 1 N–H and O–H groups in total. The number of rotatable bonds is 3. The summed E-state index contributed by atoms with van der Waals surface area (Å²) in [7, 11) is -1.65. The third-order valence-electron chi connectivity index (χ3n) is 6.48. The Morgan fingerprint density at radius 2 is 1.29 bits per heavy atom. The highest BCUT2D eigenvalue weighted by Crippen LogP contribution is 2.47. The lowest BCUT2D eigenvalue weighted by Crippen LogP contribution is -2.38.